The summed E-state index contributed by atoms with van der Waals surface area (Å²) >= 11 is 18.2. The summed E-state index contributed by atoms with van der Waals surface area (Å²) in [6, 6.07) is 11.3. The molecule has 112 valence electrons. The van der Waals surface area contributed by atoms with Gasteiger partial charge in [-0.05, 0) is 36.2 Å². The van der Waals surface area contributed by atoms with E-state index in [-0.39, 0.29) is 0 Å². The van der Waals surface area contributed by atoms with Crippen molar-refractivity contribution in [2.24, 2.45) is 0 Å². The molecule has 2 aromatic rings. The standard InChI is InChI=1S/C16H16Cl3NO/c1-2-7-21-13-5-3-11(4-6-13)10-20-16-14(18)8-12(17)9-15(16)19/h3-6,8-9,20H,2,7,10H2,1H3. The first-order chi connectivity index (χ1) is 10.1. The van der Waals surface area contributed by atoms with Crippen molar-refractivity contribution < 1.29 is 4.74 Å². The van der Waals surface area contributed by atoms with Gasteiger partial charge >= 0.3 is 0 Å². The Morgan fingerprint density at radius 2 is 1.62 bits per heavy atom. The smallest absolute Gasteiger partial charge is 0.119 e. The zero-order chi connectivity index (χ0) is 15.2. The van der Waals surface area contributed by atoms with E-state index in [2.05, 4.69) is 12.2 Å². The highest BCUT2D eigenvalue weighted by molar-refractivity contribution is 6.41. The Kier molecular flexibility index (Phi) is 6.04. The van der Waals surface area contributed by atoms with Crippen LogP contribution in [0, 0.1) is 0 Å². The lowest BCUT2D eigenvalue weighted by Crippen LogP contribution is -2.01. The van der Waals surface area contributed by atoms with Crippen LogP contribution in [0.1, 0.15) is 18.9 Å². The summed E-state index contributed by atoms with van der Waals surface area (Å²) in [5.74, 6) is 0.878. The maximum absolute atomic E-state index is 6.13. The fourth-order valence-electron chi connectivity index (χ4n) is 1.82. The summed E-state index contributed by atoms with van der Waals surface area (Å²) in [6.07, 6.45) is 0.997. The van der Waals surface area contributed by atoms with Gasteiger partial charge in [0.1, 0.15) is 5.75 Å². The highest BCUT2D eigenvalue weighted by atomic mass is 35.5. The van der Waals surface area contributed by atoms with Gasteiger partial charge in [0.25, 0.3) is 0 Å². The van der Waals surface area contributed by atoms with Gasteiger partial charge in [-0.25, -0.2) is 0 Å². The number of ether oxygens (including phenoxy) is 1. The monoisotopic (exact) mass is 343 g/mol. The van der Waals surface area contributed by atoms with E-state index in [1.54, 1.807) is 12.1 Å². The molecule has 2 aromatic carbocycles. The molecular formula is C16H16Cl3NO. The van der Waals surface area contributed by atoms with Crippen LogP contribution in [0.15, 0.2) is 36.4 Å². The zero-order valence-corrected chi connectivity index (χ0v) is 13.9. The predicted octanol–water partition coefficient (Wildman–Crippen LogP) is 6.05. The molecule has 0 bridgehead atoms. The molecule has 1 N–H and O–H groups in total. The summed E-state index contributed by atoms with van der Waals surface area (Å²) in [5, 5.41) is 4.76. The molecular weight excluding hydrogens is 329 g/mol. The first-order valence-electron chi connectivity index (χ1n) is 6.70. The van der Waals surface area contributed by atoms with Crippen molar-refractivity contribution >= 4 is 40.5 Å². The maximum atomic E-state index is 6.13. The third-order valence-electron chi connectivity index (χ3n) is 2.87. The molecule has 0 aliphatic carbocycles. The molecule has 0 amide bonds. The average Bonchev–Trinajstić information content (AvgIpc) is 2.45. The Hall–Kier alpha value is -1.09. The molecule has 0 radical (unpaired) electrons. The summed E-state index contributed by atoms with van der Waals surface area (Å²) in [7, 11) is 0. The Morgan fingerprint density at radius 3 is 2.19 bits per heavy atom. The van der Waals surface area contributed by atoms with Crippen molar-refractivity contribution in [1.82, 2.24) is 0 Å². The lowest BCUT2D eigenvalue weighted by Gasteiger charge is -2.11. The zero-order valence-electron chi connectivity index (χ0n) is 11.6. The molecule has 0 fully saturated rings. The SMILES string of the molecule is CCCOc1ccc(CNc2c(Cl)cc(Cl)cc2Cl)cc1. The summed E-state index contributed by atoms with van der Waals surface area (Å²) in [6.45, 7) is 3.43. The second-order valence-corrected chi connectivity index (χ2v) is 5.84. The van der Waals surface area contributed by atoms with Crippen molar-refractivity contribution in [2.45, 2.75) is 19.9 Å². The van der Waals surface area contributed by atoms with Gasteiger partial charge < -0.3 is 10.1 Å². The van der Waals surface area contributed by atoms with Crippen LogP contribution in [0.2, 0.25) is 15.1 Å². The fraction of sp³-hybridized carbons (Fsp3) is 0.250. The van der Waals surface area contributed by atoms with Gasteiger partial charge in [-0.2, -0.15) is 0 Å². The number of hydrogen-bond acceptors (Lipinski definition) is 2. The number of halogens is 3. The molecule has 0 aliphatic rings. The molecule has 0 atom stereocenters. The molecule has 0 saturated carbocycles. The number of rotatable bonds is 6. The number of hydrogen-bond donors (Lipinski definition) is 1. The molecule has 0 unspecified atom stereocenters. The van der Waals surface area contributed by atoms with Gasteiger partial charge in [0.15, 0.2) is 0 Å². The number of nitrogens with one attached hydrogen (secondary N) is 1. The summed E-state index contributed by atoms with van der Waals surface area (Å²) in [5.41, 5.74) is 1.80. The molecule has 0 heterocycles. The van der Waals surface area contributed by atoms with E-state index in [0.29, 0.717) is 27.3 Å². The first-order valence-corrected chi connectivity index (χ1v) is 7.83. The van der Waals surface area contributed by atoms with Crippen molar-refractivity contribution in [3.63, 3.8) is 0 Å². The molecule has 0 spiro atoms. The van der Waals surface area contributed by atoms with Gasteiger partial charge in [-0.15, -0.1) is 0 Å². The van der Waals surface area contributed by atoms with Gasteiger partial charge in [0.05, 0.1) is 22.3 Å². The first kappa shape index (κ1) is 16.3. The highest BCUT2D eigenvalue weighted by Gasteiger charge is 2.07. The van der Waals surface area contributed by atoms with Gasteiger partial charge in [-0.1, -0.05) is 53.9 Å². The summed E-state index contributed by atoms with van der Waals surface area (Å²) in [4.78, 5) is 0. The average molecular weight is 345 g/mol. The second-order valence-electron chi connectivity index (χ2n) is 4.59. The lowest BCUT2D eigenvalue weighted by atomic mass is 10.2. The minimum absolute atomic E-state index is 0.510. The van der Waals surface area contributed by atoms with Crippen molar-refractivity contribution in [3.05, 3.63) is 57.0 Å². The molecule has 2 rings (SSSR count). The number of anilines is 1. The molecule has 0 saturated heterocycles. The van der Waals surface area contributed by atoms with Crippen LogP contribution in [0.5, 0.6) is 5.75 Å². The van der Waals surface area contributed by atoms with E-state index in [4.69, 9.17) is 39.5 Å². The minimum atomic E-state index is 0.510. The van der Waals surface area contributed by atoms with Crippen molar-refractivity contribution in [1.29, 1.82) is 0 Å². The Morgan fingerprint density at radius 1 is 1.00 bits per heavy atom. The molecule has 21 heavy (non-hydrogen) atoms. The van der Waals surface area contributed by atoms with Crippen molar-refractivity contribution in [2.75, 3.05) is 11.9 Å². The van der Waals surface area contributed by atoms with E-state index in [9.17, 15) is 0 Å². The van der Waals surface area contributed by atoms with Gasteiger partial charge in [0.2, 0.25) is 0 Å². The molecule has 2 nitrogen and oxygen atoms in total. The van der Waals surface area contributed by atoms with E-state index in [0.717, 1.165) is 24.3 Å². The second kappa shape index (κ2) is 7.79. The third-order valence-corrected chi connectivity index (χ3v) is 3.69. The molecule has 5 heteroatoms. The maximum Gasteiger partial charge on any atom is 0.119 e. The normalized spacial score (nSPS) is 10.5. The lowest BCUT2D eigenvalue weighted by molar-refractivity contribution is 0.317. The Balaban J connectivity index is 2.00. The largest absolute Gasteiger partial charge is 0.494 e. The third kappa shape index (κ3) is 4.70. The topological polar surface area (TPSA) is 21.3 Å². The van der Waals surface area contributed by atoms with Crippen LogP contribution in [0.3, 0.4) is 0 Å². The van der Waals surface area contributed by atoms with Crippen LogP contribution < -0.4 is 10.1 Å². The van der Waals surface area contributed by atoms with Crippen LogP contribution in [-0.2, 0) is 6.54 Å². The van der Waals surface area contributed by atoms with Gasteiger partial charge in [-0.3, -0.25) is 0 Å². The highest BCUT2D eigenvalue weighted by Crippen LogP contribution is 2.33. The molecule has 0 aromatic heterocycles. The van der Waals surface area contributed by atoms with Crippen LogP contribution in [0.4, 0.5) is 5.69 Å². The predicted molar refractivity (Wildman–Crippen MR) is 91.0 cm³/mol. The quantitative estimate of drug-likeness (QED) is 0.689. The number of benzene rings is 2. The van der Waals surface area contributed by atoms with Crippen LogP contribution in [0.25, 0.3) is 0 Å². The van der Waals surface area contributed by atoms with E-state index >= 15 is 0 Å². The van der Waals surface area contributed by atoms with E-state index in [1.807, 2.05) is 24.3 Å². The van der Waals surface area contributed by atoms with Crippen LogP contribution >= 0.6 is 34.8 Å². The van der Waals surface area contributed by atoms with Crippen LogP contribution in [-0.4, -0.2) is 6.61 Å². The molecule has 0 aliphatic heterocycles. The van der Waals surface area contributed by atoms with E-state index in [1.165, 1.54) is 0 Å². The Bertz CT molecular complexity index is 576. The minimum Gasteiger partial charge on any atom is -0.494 e. The van der Waals surface area contributed by atoms with E-state index < -0.39 is 0 Å². The van der Waals surface area contributed by atoms with Crippen molar-refractivity contribution in [3.8, 4) is 5.75 Å². The fourth-order valence-corrected chi connectivity index (χ4v) is 2.78. The Labute approximate surface area is 140 Å². The summed E-state index contributed by atoms with van der Waals surface area (Å²) < 4.78 is 5.55. The van der Waals surface area contributed by atoms with Gasteiger partial charge in [0, 0.05) is 11.6 Å².